The van der Waals surface area contributed by atoms with E-state index in [1.165, 1.54) is 24.3 Å². The number of rotatable bonds is 6. The molecule has 0 aliphatic carbocycles. The van der Waals surface area contributed by atoms with Crippen LogP contribution >= 0.6 is 0 Å². The summed E-state index contributed by atoms with van der Waals surface area (Å²) in [7, 11) is 0. The van der Waals surface area contributed by atoms with Crippen LogP contribution in [0.15, 0.2) is 46.9 Å². The van der Waals surface area contributed by atoms with Gasteiger partial charge in [-0.2, -0.15) is 8.78 Å². The van der Waals surface area contributed by atoms with Crippen LogP contribution in [0.1, 0.15) is 52.7 Å². The second-order valence-corrected chi connectivity index (χ2v) is 8.49. The van der Waals surface area contributed by atoms with Crippen molar-refractivity contribution in [2.45, 2.75) is 38.0 Å². The summed E-state index contributed by atoms with van der Waals surface area (Å²) in [4.78, 5) is 15.1. The van der Waals surface area contributed by atoms with Crippen LogP contribution in [0, 0.1) is 11.7 Å². The minimum atomic E-state index is -2.89. The van der Waals surface area contributed by atoms with Gasteiger partial charge in [-0.05, 0) is 54.2 Å². The summed E-state index contributed by atoms with van der Waals surface area (Å²) in [6.45, 7) is 1.33. The molecule has 34 heavy (non-hydrogen) atoms. The van der Waals surface area contributed by atoms with Crippen LogP contribution in [0.25, 0.3) is 11.5 Å². The Bertz CT molecular complexity index is 1180. The van der Waals surface area contributed by atoms with Crippen LogP contribution < -0.4 is 0 Å². The molecule has 2 unspecified atom stereocenters. The average molecular weight is 473 g/mol. The molecule has 0 bridgehead atoms. The van der Waals surface area contributed by atoms with E-state index < -0.39 is 30.3 Å². The predicted octanol–water partition coefficient (Wildman–Crippen LogP) is 4.30. The molecule has 1 N–H and O–H groups in total. The van der Waals surface area contributed by atoms with Crippen molar-refractivity contribution in [3.63, 3.8) is 0 Å². The molecule has 7 nitrogen and oxygen atoms in total. The van der Waals surface area contributed by atoms with E-state index in [1.807, 2.05) is 0 Å². The number of aromatic nitrogens is 2. The Balaban J connectivity index is 1.46. The maximum Gasteiger partial charge on any atom is 0.314 e. The number of nitrogens with zero attached hydrogens (tertiary/aromatic N) is 3. The zero-order chi connectivity index (χ0) is 23.8. The summed E-state index contributed by atoms with van der Waals surface area (Å²) in [6.07, 6.45) is -2.56. The highest BCUT2D eigenvalue weighted by Gasteiger charge is 2.41. The Morgan fingerprint density at radius 3 is 2.47 bits per heavy atom. The topological polar surface area (TPSA) is 88.7 Å². The Labute approximate surface area is 193 Å². The summed E-state index contributed by atoms with van der Waals surface area (Å²) in [5, 5.41) is 18.3. The molecule has 2 aromatic carbocycles. The molecule has 1 amide bonds. The van der Waals surface area contributed by atoms with Crippen LogP contribution in [0.4, 0.5) is 13.2 Å². The maximum absolute atomic E-state index is 13.5. The normalized spacial score (nSPS) is 18.4. The van der Waals surface area contributed by atoms with Crippen LogP contribution in [-0.4, -0.2) is 45.4 Å². The molecule has 2 aliphatic rings. The molecule has 0 saturated carbocycles. The smallest absolute Gasteiger partial charge is 0.314 e. The Morgan fingerprint density at radius 2 is 1.79 bits per heavy atom. The Kier molecular flexibility index (Phi) is 6.09. The molecule has 2 atom stereocenters. The zero-order valence-corrected chi connectivity index (χ0v) is 18.0. The first-order valence-electron chi connectivity index (χ1n) is 11.0. The number of aliphatic hydroxyl groups is 1. The van der Waals surface area contributed by atoms with Crippen LogP contribution in [0.3, 0.4) is 0 Å². The second-order valence-electron chi connectivity index (χ2n) is 8.49. The van der Waals surface area contributed by atoms with Gasteiger partial charge in [-0.1, -0.05) is 18.2 Å². The number of ether oxygens (including phenoxy) is 1. The number of carbonyl (C=O) groups is 1. The fraction of sp³-hybridized carbons (Fsp3) is 0.375. The van der Waals surface area contributed by atoms with E-state index in [-0.39, 0.29) is 24.3 Å². The van der Waals surface area contributed by atoms with Gasteiger partial charge in [0.25, 0.3) is 11.8 Å². The maximum atomic E-state index is 13.5. The van der Waals surface area contributed by atoms with Crippen LogP contribution in [0.2, 0.25) is 0 Å². The van der Waals surface area contributed by atoms with Crippen molar-refractivity contribution in [2.75, 3.05) is 13.2 Å². The number of hydrogen-bond donors (Lipinski definition) is 1. The highest BCUT2D eigenvalue weighted by Crippen LogP contribution is 2.38. The van der Waals surface area contributed by atoms with Gasteiger partial charge in [-0.25, -0.2) is 4.39 Å². The monoisotopic (exact) mass is 473 g/mol. The molecule has 3 aromatic rings. The van der Waals surface area contributed by atoms with E-state index in [1.54, 1.807) is 23.1 Å². The van der Waals surface area contributed by atoms with Gasteiger partial charge >= 0.3 is 6.43 Å². The molecule has 10 heteroatoms. The fourth-order valence-corrected chi connectivity index (χ4v) is 4.73. The second kappa shape index (κ2) is 9.19. The lowest BCUT2D eigenvalue weighted by molar-refractivity contribution is -0.0213. The first kappa shape index (κ1) is 22.5. The van der Waals surface area contributed by atoms with Crippen LogP contribution in [-0.2, 0) is 11.3 Å². The first-order valence-corrected chi connectivity index (χ1v) is 11.0. The van der Waals surface area contributed by atoms with Gasteiger partial charge in [0.1, 0.15) is 5.82 Å². The Hall–Kier alpha value is -3.24. The highest BCUT2D eigenvalue weighted by molar-refractivity contribution is 5.99. The van der Waals surface area contributed by atoms with Crippen molar-refractivity contribution < 1.29 is 32.2 Å². The number of carbonyl (C=O) groups excluding carboxylic acids is 1. The van der Waals surface area contributed by atoms with Gasteiger partial charge in [-0.3, -0.25) is 4.79 Å². The van der Waals surface area contributed by atoms with Crippen molar-refractivity contribution in [2.24, 2.45) is 5.92 Å². The molecule has 0 radical (unpaired) electrons. The minimum Gasteiger partial charge on any atom is -0.415 e. The van der Waals surface area contributed by atoms with Gasteiger partial charge < -0.3 is 19.2 Å². The van der Waals surface area contributed by atoms with Gasteiger partial charge in [0.2, 0.25) is 5.89 Å². The number of alkyl halides is 2. The van der Waals surface area contributed by atoms with Gasteiger partial charge in [-0.15, -0.1) is 10.2 Å². The first-order chi connectivity index (χ1) is 16.4. The van der Waals surface area contributed by atoms with Gasteiger partial charge in [0.05, 0.1) is 12.1 Å². The van der Waals surface area contributed by atoms with Crippen molar-refractivity contribution in [1.82, 2.24) is 15.1 Å². The lowest BCUT2D eigenvalue weighted by atomic mass is 9.84. The molecule has 5 rings (SSSR count). The zero-order valence-electron chi connectivity index (χ0n) is 18.0. The van der Waals surface area contributed by atoms with Crippen molar-refractivity contribution in [1.29, 1.82) is 0 Å². The van der Waals surface area contributed by atoms with E-state index in [0.29, 0.717) is 42.7 Å². The number of hydrogen-bond acceptors (Lipinski definition) is 6. The predicted molar refractivity (Wildman–Crippen MR) is 113 cm³/mol. The molecular formula is C24H22F3N3O4. The van der Waals surface area contributed by atoms with Crippen LogP contribution in [0.5, 0.6) is 0 Å². The largest absolute Gasteiger partial charge is 0.415 e. The van der Waals surface area contributed by atoms with E-state index >= 15 is 0 Å². The lowest BCUT2D eigenvalue weighted by Gasteiger charge is -2.39. The molecule has 1 fully saturated rings. The van der Waals surface area contributed by atoms with E-state index in [4.69, 9.17) is 9.15 Å². The lowest BCUT2D eigenvalue weighted by Crippen LogP contribution is -2.46. The number of halogens is 3. The minimum absolute atomic E-state index is 0.0175. The molecule has 178 valence electrons. The number of aliphatic hydroxyl groups excluding tert-OH is 1. The Morgan fingerprint density at radius 1 is 1.06 bits per heavy atom. The molecule has 1 aromatic heterocycles. The summed E-state index contributed by atoms with van der Waals surface area (Å²) in [6, 6.07) is 9.97. The van der Waals surface area contributed by atoms with Gasteiger partial charge in [0, 0.05) is 30.9 Å². The van der Waals surface area contributed by atoms with Gasteiger partial charge in [0.15, 0.2) is 0 Å². The quantitative estimate of drug-likeness (QED) is 0.575. The van der Waals surface area contributed by atoms with Crippen molar-refractivity contribution >= 4 is 5.91 Å². The molecule has 1 saturated heterocycles. The SMILES string of the molecule is O=C1c2cc(-c3nnc(C(F)F)o3)ccc2CN1C(C1CCOCC1)C(O)c1ccc(F)cc1. The van der Waals surface area contributed by atoms with E-state index in [2.05, 4.69) is 10.2 Å². The third-order valence-electron chi connectivity index (χ3n) is 6.46. The summed E-state index contributed by atoms with van der Waals surface area (Å²) < 4.78 is 49.6. The number of amides is 1. The molecular weight excluding hydrogens is 451 g/mol. The number of benzene rings is 2. The fourth-order valence-electron chi connectivity index (χ4n) is 4.73. The summed E-state index contributed by atoms with van der Waals surface area (Å²) in [5.41, 5.74) is 2.01. The van der Waals surface area contributed by atoms with Crippen molar-refractivity contribution in [3.8, 4) is 11.5 Å². The van der Waals surface area contributed by atoms with Crippen molar-refractivity contribution in [3.05, 3.63) is 70.9 Å². The summed E-state index contributed by atoms with van der Waals surface area (Å²) in [5.74, 6) is -1.60. The molecule has 0 spiro atoms. The third kappa shape index (κ3) is 4.19. The van der Waals surface area contributed by atoms with E-state index in [9.17, 15) is 23.1 Å². The number of fused-ring (bicyclic) bond motifs is 1. The van der Waals surface area contributed by atoms with E-state index in [0.717, 1.165) is 5.56 Å². The third-order valence-corrected chi connectivity index (χ3v) is 6.46. The average Bonchev–Trinajstić information content (AvgIpc) is 3.46. The summed E-state index contributed by atoms with van der Waals surface area (Å²) >= 11 is 0. The standard InChI is InChI=1S/C24H22F3N3O4/c25-17-5-3-14(4-6-17)20(31)19(13-7-9-33-10-8-13)30-12-16-2-1-15(11-18(16)24(30)32)22-28-29-23(34-22)21(26)27/h1-6,11,13,19-21,31H,7-10,12H2. The molecule has 3 heterocycles. The highest BCUT2D eigenvalue weighted by atomic mass is 19.3. The molecule has 2 aliphatic heterocycles.